The number of halogens is 1. The minimum atomic E-state index is 0. The van der Waals surface area contributed by atoms with Gasteiger partial charge in [0, 0.05) is 24.7 Å². The molecule has 0 radical (unpaired) electrons. The van der Waals surface area contributed by atoms with Crippen LogP contribution in [-0.2, 0) is 6.54 Å². The van der Waals surface area contributed by atoms with Crippen LogP contribution in [0.3, 0.4) is 0 Å². The van der Waals surface area contributed by atoms with Crippen molar-refractivity contribution < 1.29 is 9.15 Å². The van der Waals surface area contributed by atoms with Crippen molar-refractivity contribution in [3.63, 3.8) is 0 Å². The van der Waals surface area contributed by atoms with Crippen LogP contribution in [-0.4, -0.2) is 42.7 Å². The van der Waals surface area contributed by atoms with E-state index in [1.54, 1.807) is 7.11 Å². The smallest absolute Gasteiger partial charge is 0.295 e. The summed E-state index contributed by atoms with van der Waals surface area (Å²) in [6.07, 6.45) is 4.56. The first-order valence-electron chi connectivity index (χ1n) is 13.1. The molecular formula is C30H37ClN4O2. The topological polar surface area (TPSA) is 62.6 Å². The zero-order valence-electron chi connectivity index (χ0n) is 21.4. The molecule has 7 heteroatoms. The number of hydrogen-bond acceptors (Lipinski definition) is 6. The number of likely N-dealkylation sites (tertiary alicyclic amines) is 1. The molecule has 0 unspecified atom stereocenters. The van der Waals surface area contributed by atoms with Gasteiger partial charge in [-0.05, 0) is 62.5 Å². The van der Waals surface area contributed by atoms with Gasteiger partial charge >= 0.3 is 0 Å². The zero-order valence-corrected chi connectivity index (χ0v) is 22.3. The highest BCUT2D eigenvalue weighted by molar-refractivity contribution is 5.85. The van der Waals surface area contributed by atoms with Gasteiger partial charge in [0.2, 0.25) is 0 Å². The van der Waals surface area contributed by atoms with E-state index in [-0.39, 0.29) is 12.4 Å². The molecule has 2 N–H and O–H groups in total. The number of piperidine rings is 1. The highest BCUT2D eigenvalue weighted by Gasteiger charge is 2.32. The number of benzene rings is 3. The van der Waals surface area contributed by atoms with Gasteiger partial charge in [0.15, 0.2) is 5.58 Å². The lowest BCUT2D eigenvalue weighted by atomic mass is 9.89. The minimum absolute atomic E-state index is 0. The van der Waals surface area contributed by atoms with E-state index in [4.69, 9.17) is 9.15 Å². The third-order valence-corrected chi connectivity index (χ3v) is 7.07. The van der Waals surface area contributed by atoms with Crippen molar-refractivity contribution in [1.82, 2.24) is 15.2 Å². The fraction of sp³-hybridized carbons (Fsp3) is 0.367. The van der Waals surface area contributed by atoms with Crippen LogP contribution in [0.1, 0.15) is 42.9 Å². The van der Waals surface area contributed by atoms with Gasteiger partial charge in [-0.1, -0.05) is 60.7 Å². The summed E-state index contributed by atoms with van der Waals surface area (Å²) in [7, 11) is 1.74. The van der Waals surface area contributed by atoms with E-state index >= 15 is 0 Å². The second kappa shape index (κ2) is 13.5. The number of rotatable bonds is 11. The molecule has 1 aromatic heterocycles. The van der Waals surface area contributed by atoms with Crippen molar-refractivity contribution in [3.05, 3.63) is 90.0 Å². The van der Waals surface area contributed by atoms with Gasteiger partial charge < -0.3 is 19.8 Å². The van der Waals surface area contributed by atoms with Crippen LogP contribution >= 0.6 is 12.4 Å². The third-order valence-electron chi connectivity index (χ3n) is 7.07. The molecule has 1 fully saturated rings. The minimum Gasteiger partial charge on any atom is -0.496 e. The molecule has 1 aliphatic heterocycles. The van der Waals surface area contributed by atoms with Gasteiger partial charge in [0.05, 0.1) is 13.2 Å². The average molecular weight is 521 g/mol. The normalized spacial score (nSPS) is 17.9. The van der Waals surface area contributed by atoms with Crippen LogP contribution < -0.4 is 15.4 Å². The van der Waals surface area contributed by atoms with Crippen LogP contribution in [0, 0.1) is 0 Å². The van der Waals surface area contributed by atoms with Crippen LogP contribution in [0.5, 0.6) is 5.75 Å². The second-order valence-electron chi connectivity index (χ2n) is 9.45. The molecule has 3 aromatic carbocycles. The second-order valence-corrected chi connectivity index (χ2v) is 9.45. The fourth-order valence-corrected chi connectivity index (χ4v) is 5.30. The maximum atomic E-state index is 5.78. The number of fused-ring (bicyclic) bond motifs is 1. The Balaban J connectivity index is 0.00000320. The number of unbranched alkanes of at least 4 members (excludes halogenated alkanes) is 1. The molecule has 37 heavy (non-hydrogen) atoms. The summed E-state index contributed by atoms with van der Waals surface area (Å²) in [5.41, 5.74) is 4.31. The van der Waals surface area contributed by atoms with E-state index in [0.717, 1.165) is 55.9 Å². The lowest BCUT2D eigenvalue weighted by Crippen LogP contribution is -2.48. The molecule has 0 bridgehead atoms. The quantitative estimate of drug-likeness (QED) is 0.222. The summed E-state index contributed by atoms with van der Waals surface area (Å²) in [5.74, 6) is 0.945. The fourth-order valence-electron chi connectivity index (χ4n) is 5.30. The SMILES string of the molecule is COc1ccccc1CN[C@@H]1CCCN(CCCCNc2nc3ccccc3o2)[C@@H]1c1ccccc1.Cl. The Morgan fingerprint density at radius 1 is 0.973 bits per heavy atom. The number of aromatic nitrogens is 1. The first-order chi connectivity index (χ1) is 17.8. The van der Waals surface area contributed by atoms with E-state index < -0.39 is 0 Å². The summed E-state index contributed by atoms with van der Waals surface area (Å²) in [6.45, 7) is 3.86. The number of methoxy groups -OCH3 is 1. The summed E-state index contributed by atoms with van der Waals surface area (Å²) >= 11 is 0. The van der Waals surface area contributed by atoms with Crippen molar-refractivity contribution in [1.29, 1.82) is 0 Å². The van der Waals surface area contributed by atoms with Crippen molar-refractivity contribution in [3.8, 4) is 5.75 Å². The highest BCUT2D eigenvalue weighted by Crippen LogP contribution is 2.32. The molecule has 5 rings (SSSR count). The monoisotopic (exact) mass is 520 g/mol. The van der Waals surface area contributed by atoms with Crippen molar-refractivity contribution in [2.75, 3.05) is 32.1 Å². The highest BCUT2D eigenvalue weighted by atomic mass is 35.5. The molecule has 2 atom stereocenters. The van der Waals surface area contributed by atoms with Crippen LogP contribution in [0.25, 0.3) is 11.1 Å². The molecule has 4 aromatic rings. The Labute approximate surface area is 225 Å². The molecule has 1 aliphatic rings. The molecule has 0 aliphatic carbocycles. The summed E-state index contributed by atoms with van der Waals surface area (Å²) < 4.78 is 11.4. The molecule has 196 valence electrons. The third kappa shape index (κ3) is 6.83. The summed E-state index contributed by atoms with van der Waals surface area (Å²) in [6, 6.07) is 28.5. The lowest BCUT2D eigenvalue weighted by molar-refractivity contribution is 0.109. The molecule has 1 saturated heterocycles. The molecule has 2 heterocycles. The van der Waals surface area contributed by atoms with E-state index in [2.05, 4.69) is 63.0 Å². The van der Waals surface area contributed by atoms with Gasteiger partial charge in [-0.2, -0.15) is 4.98 Å². The Kier molecular flexibility index (Phi) is 9.83. The average Bonchev–Trinajstić information content (AvgIpc) is 3.35. The number of anilines is 1. The lowest BCUT2D eigenvalue weighted by Gasteiger charge is -2.42. The Morgan fingerprint density at radius 2 is 1.76 bits per heavy atom. The van der Waals surface area contributed by atoms with E-state index in [1.807, 2.05) is 36.4 Å². The zero-order chi connectivity index (χ0) is 24.6. The molecule has 0 spiro atoms. The first kappa shape index (κ1) is 27.0. The Morgan fingerprint density at radius 3 is 2.59 bits per heavy atom. The molecule has 0 saturated carbocycles. The van der Waals surface area contributed by atoms with Crippen LogP contribution in [0.2, 0.25) is 0 Å². The maximum absolute atomic E-state index is 5.78. The standard InChI is InChI=1S/C30H36N4O2.ClH/c1-35-27-17-7-5-14-24(27)22-32-26-16-11-21-34(29(26)23-12-3-2-4-13-23)20-10-9-19-31-30-33-25-15-6-8-18-28(25)36-30;/h2-8,12-15,17-18,26,29,32H,9-11,16,19-22H2,1H3,(H,31,33);1H/t26-,29-;/m1./s1. The van der Waals surface area contributed by atoms with Crippen LogP contribution in [0.15, 0.2) is 83.3 Å². The van der Waals surface area contributed by atoms with Gasteiger partial charge in [-0.3, -0.25) is 4.90 Å². The van der Waals surface area contributed by atoms with E-state index in [0.29, 0.717) is 18.1 Å². The Bertz CT molecular complexity index is 1200. The van der Waals surface area contributed by atoms with Gasteiger partial charge in [-0.25, -0.2) is 0 Å². The number of nitrogens with zero attached hydrogens (tertiary/aromatic N) is 2. The van der Waals surface area contributed by atoms with Gasteiger partial charge in [0.25, 0.3) is 6.01 Å². The van der Waals surface area contributed by atoms with Crippen molar-refractivity contribution >= 4 is 29.5 Å². The van der Waals surface area contributed by atoms with E-state index in [9.17, 15) is 0 Å². The van der Waals surface area contributed by atoms with Gasteiger partial charge in [-0.15, -0.1) is 12.4 Å². The molecular weight excluding hydrogens is 484 g/mol. The van der Waals surface area contributed by atoms with Crippen molar-refractivity contribution in [2.45, 2.75) is 44.3 Å². The maximum Gasteiger partial charge on any atom is 0.295 e. The Hall–Kier alpha value is -3.06. The van der Waals surface area contributed by atoms with Crippen molar-refractivity contribution in [2.24, 2.45) is 0 Å². The predicted molar refractivity (Wildman–Crippen MR) is 153 cm³/mol. The van der Waals surface area contributed by atoms with E-state index in [1.165, 1.54) is 24.0 Å². The summed E-state index contributed by atoms with van der Waals surface area (Å²) in [5, 5.41) is 7.22. The largest absolute Gasteiger partial charge is 0.496 e. The first-order valence-corrected chi connectivity index (χ1v) is 13.1. The number of para-hydroxylation sites is 3. The predicted octanol–water partition coefficient (Wildman–Crippen LogP) is 6.45. The number of oxazole rings is 1. The van der Waals surface area contributed by atoms with Gasteiger partial charge in [0.1, 0.15) is 11.3 Å². The summed E-state index contributed by atoms with van der Waals surface area (Å²) in [4.78, 5) is 7.18. The van der Waals surface area contributed by atoms with Crippen LogP contribution in [0.4, 0.5) is 6.01 Å². The number of nitrogens with one attached hydrogen (secondary N) is 2. The number of hydrogen-bond donors (Lipinski definition) is 2. The molecule has 6 nitrogen and oxygen atoms in total. The number of ether oxygens (including phenoxy) is 1. The molecule has 0 amide bonds.